The molecule has 0 saturated carbocycles. The van der Waals surface area contributed by atoms with Crippen LogP contribution in [-0.4, -0.2) is 31.8 Å². The number of furan rings is 1. The van der Waals surface area contributed by atoms with E-state index in [-0.39, 0.29) is 24.1 Å². The van der Waals surface area contributed by atoms with Gasteiger partial charge in [0, 0.05) is 17.5 Å². The molecule has 3 aromatic rings. The fourth-order valence-electron chi connectivity index (χ4n) is 2.93. The van der Waals surface area contributed by atoms with Gasteiger partial charge in [-0.2, -0.15) is 0 Å². The minimum Gasteiger partial charge on any atom is -0.464 e. The van der Waals surface area contributed by atoms with Crippen molar-refractivity contribution in [1.82, 2.24) is 19.8 Å². The third-order valence-electron chi connectivity index (χ3n) is 4.12. The van der Waals surface area contributed by atoms with Crippen LogP contribution in [0.1, 0.15) is 54.4 Å². The Morgan fingerprint density at radius 1 is 1.17 bits per heavy atom. The van der Waals surface area contributed by atoms with Gasteiger partial charge in [-0.3, -0.25) is 9.59 Å². The molecule has 7 nitrogen and oxygen atoms in total. The Bertz CT molecular complexity index is 961. The smallest absolute Gasteiger partial charge is 0.276 e. The normalized spacial score (nSPS) is 12.4. The maximum absolute atomic E-state index is 13.3. The Labute approximate surface area is 173 Å². The zero-order valence-corrected chi connectivity index (χ0v) is 17.7. The lowest BCUT2D eigenvalue weighted by atomic mass is 10.1. The highest BCUT2D eigenvalue weighted by molar-refractivity contribution is 7.03. The third-order valence-corrected chi connectivity index (χ3v) is 4.63. The Morgan fingerprint density at radius 3 is 2.45 bits per heavy atom. The molecule has 1 atom stereocenters. The molecule has 0 aliphatic rings. The first-order chi connectivity index (χ1) is 13.7. The van der Waals surface area contributed by atoms with Crippen LogP contribution in [-0.2, 0) is 11.3 Å². The standard InChI is InChI=1S/C21H24N4O3S/c1-14-10-11-17(28-14)18(19(26)22-21(2,3)4)25(12-15-8-6-5-7-9-15)20(27)16-13-29-24-23-16/h5-11,13,18H,12H2,1-4H3,(H,22,26). The molecule has 3 rings (SSSR count). The van der Waals surface area contributed by atoms with Gasteiger partial charge in [0.05, 0.1) is 0 Å². The zero-order chi connectivity index (χ0) is 21.0. The predicted octanol–water partition coefficient (Wildman–Crippen LogP) is 3.74. The molecule has 0 spiro atoms. The number of aromatic nitrogens is 2. The second-order valence-corrected chi connectivity index (χ2v) is 8.41. The molecular formula is C21H24N4O3S. The number of amides is 2. The van der Waals surface area contributed by atoms with Gasteiger partial charge in [-0.15, -0.1) is 5.10 Å². The zero-order valence-electron chi connectivity index (χ0n) is 16.9. The molecule has 2 heterocycles. The summed E-state index contributed by atoms with van der Waals surface area (Å²) in [5, 5.41) is 8.45. The van der Waals surface area contributed by atoms with E-state index in [2.05, 4.69) is 14.9 Å². The number of aryl methyl sites for hydroxylation is 1. The van der Waals surface area contributed by atoms with Crippen molar-refractivity contribution in [3.05, 3.63) is 70.6 Å². The van der Waals surface area contributed by atoms with Crippen LogP contribution in [0.4, 0.5) is 0 Å². The van der Waals surface area contributed by atoms with Crippen LogP contribution in [0.25, 0.3) is 0 Å². The lowest BCUT2D eigenvalue weighted by molar-refractivity contribution is -0.128. The predicted molar refractivity (Wildman–Crippen MR) is 110 cm³/mol. The first-order valence-electron chi connectivity index (χ1n) is 9.25. The monoisotopic (exact) mass is 412 g/mol. The molecular weight excluding hydrogens is 388 g/mol. The molecule has 29 heavy (non-hydrogen) atoms. The van der Waals surface area contributed by atoms with Crippen molar-refractivity contribution < 1.29 is 14.0 Å². The topological polar surface area (TPSA) is 88.3 Å². The van der Waals surface area contributed by atoms with Crippen molar-refractivity contribution in [1.29, 1.82) is 0 Å². The van der Waals surface area contributed by atoms with Crippen LogP contribution in [0.2, 0.25) is 0 Å². The molecule has 2 amide bonds. The molecule has 1 aromatic carbocycles. The number of rotatable bonds is 6. The summed E-state index contributed by atoms with van der Waals surface area (Å²) in [7, 11) is 0. The highest BCUT2D eigenvalue weighted by Crippen LogP contribution is 2.28. The number of carbonyl (C=O) groups is 2. The SMILES string of the molecule is Cc1ccc(C(C(=O)NC(C)(C)C)N(Cc2ccccc2)C(=O)c2csnn2)o1. The van der Waals surface area contributed by atoms with E-state index in [0.29, 0.717) is 11.5 Å². The van der Waals surface area contributed by atoms with Crippen molar-refractivity contribution >= 4 is 23.3 Å². The van der Waals surface area contributed by atoms with Gasteiger partial charge in [-0.25, -0.2) is 0 Å². The molecule has 0 fully saturated rings. The van der Waals surface area contributed by atoms with Crippen molar-refractivity contribution in [2.45, 2.75) is 45.8 Å². The molecule has 0 bridgehead atoms. The van der Waals surface area contributed by atoms with Crippen LogP contribution in [0.3, 0.4) is 0 Å². The molecule has 8 heteroatoms. The minimum atomic E-state index is -0.947. The third kappa shape index (κ3) is 5.29. The van der Waals surface area contributed by atoms with Gasteiger partial charge in [0.1, 0.15) is 11.5 Å². The van der Waals surface area contributed by atoms with Gasteiger partial charge in [0.15, 0.2) is 11.7 Å². The molecule has 2 aromatic heterocycles. The van der Waals surface area contributed by atoms with Crippen LogP contribution < -0.4 is 5.32 Å². The molecule has 0 radical (unpaired) electrons. The largest absolute Gasteiger partial charge is 0.464 e. The fourth-order valence-corrected chi connectivity index (χ4v) is 3.36. The van der Waals surface area contributed by atoms with Gasteiger partial charge in [-0.05, 0) is 56.9 Å². The molecule has 1 N–H and O–H groups in total. The van der Waals surface area contributed by atoms with E-state index in [1.165, 1.54) is 4.90 Å². The second kappa shape index (κ2) is 8.57. The first-order valence-corrected chi connectivity index (χ1v) is 10.1. The Morgan fingerprint density at radius 2 is 1.90 bits per heavy atom. The van der Waals surface area contributed by atoms with Crippen molar-refractivity contribution in [3.63, 3.8) is 0 Å². The van der Waals surface area contributed by atoms with Gasteiger partial charge in [0.25, 0.3) is 11.8 Å². The highest BCUT2D eigenvalue weighted by atomic mass is 32.1. The molecule has 1 unspecified atom stereocenters. The van der Waals surface area contributed by atoms with E-state index in [1.54, 1.807) is 24.4 Å². The Hall–Kier alpha value is -3.00. The molecule has 0 aliphatic heterocycles. The van der Waals surface area contributed by atoms with E-state index < -0.39 is 11.6 Å². The van der Waals surface area contributed by atoms with Crippen LogP contribution in [0.15, 0.2) is 52.3 Å². The van der Waals surface area contributed by atoms with Gasteiger partial charge in [0.2, 0.25) is 0 Å². The Balaban J connectivity index is 2.05. The number of hydrogen-bond acceptors (Lipinski definition) is 6. The fraction of sp³-hybridized carbons (Fsp3) is 0.333. The van der Waals surface area contributed by atoms with Crippen LogP contribution >= 0.6 is 11.5 Å². The van der Waals surface area contributed by atoms with Crippen LogP contribution in [0.5, 0.6) is 0 Å². The van der Waals surface area contributed by atoms with Gasteiger partial charge >= 0.3 is 0 Å². The first kappa shape index (κ1) is 20.7. The van der Waals surface area contributed by atoms with Gasteiger partial charge < -0.3 is 14.6 Å². The van der Waals surface area contributed by atoms with Gasteiger partial charge in [-0.1, -0.05) is 34.8 Å². The summed E-state index contributed by atoms with van der Waals surface area (Å²) in [6.07, 6.45) is 0. The number of carbonyl (C=O) groups excluding carboxylic acids is 2. The van der Waals surface area contributed by atoms with E-state index in [0.717, 1.165) is 17.1 Å². The van der Waals surface area contributed by atoms with Crippen molar-refractivity contribution in [2.24, 2.45) is 0 Å². The van der Waals surface area contributed by atoms with Crippen molar-refractivity contribution in [3.8, 4) is 0 Å². The van der Waals surface area contributed by atoms with E-state index in [1.807, 2.05) is 51.1 Å². The molecule has 152 valence electrons. The lowest BCUT2D eigenvalue weighted by Gasteiger charge is -2.32. The average molecular weight is 413 g/mol. The summed E-state index contributed by atoms with van der Waals surface area (Å²) in [5.74, 6) is 0.359. The van der Waals surface area contributed by atoms with Crippen LogP contribution in [0, 0.1) is 6.92 Å². The summed E-state index contributed by atoms with van der Waals surface area (Å²) in [6.45, 7) is 7.70. The van der Waals surface area contributed by atoms with E-state index in [9.17, 15) is 9.59 Å². The van der Waals surface area contributed by atoms with E-state index in [4.69, 9.17) is 4.42 Å². The Kier molecular flexibility index (Phi) is 6.12. The summed E-state index contributed by atoms with van der Waals surface area (Å²) in [6, 6.07) is 12.1. The summed E-state index contributed by atoms with van der Waals surface area (Å²) in [5.41, 5.74) is 0.615. The maximum atomic E-state index is 13.3. The number of benzene rings is 1. The summed E-state index contributed by atoms with van der Waals surface area (Å²) >= 11 is 1.09. The minimum absolute atomic E-state index is 0.197. The average Bonchev–Trinajstić information content (AvgIpc) is 3.32. The summed E-state index contributed by atoms with van der Waals surface area (Å²) in [4.78, 5) is 28.1. The molecule has 0 saturated heterocycles. The quantitative estimate of drug-likeness (QED) is 0.666. The maximum Gasteiger partial charge on any atom is 0.276 e. The second-order valence-electron chi connectivity index (χ2n) is 7.80. The number of hydrogen-bond donors (Lipinski definition) is 1. The van der Waals surface area contributed by atoms with Crippen molar-refractivity contribution in [2.75, 3.05) is 0 Å². The molecule has 0 aliphatic carbocycles. The highest BCUT2D eigenvalue weighted by Gasteiger charge is 2.36. The number of nitrogens with one attached hydrogen (secondary N) is 1. The van der Waals surface area contributed by atoms with E-state index >= 15 is 0 Å². The summed E-state index contributed by atoms with van der Waals surface area (Å²) < 4.78 is 9.57. The number of nitrogens with zero attached hydrogens (tertiary/aromatic N) is 3. The lowest BCUT2D eigenvalue weighted by Crippen LogP contribution is -2.49.